The number of likely N-dealkylation sites (N-methyl/N-ethyl adjacent to an activating group) is 1. The number of halogens is 1. The minimum atomic E-state index is 0.284. The van der Waals surface area contributed by atoms with Gasteiger partial charge >= 0.3 is 0 Å². The Morgan fingerprint density at radius 1 is 1.28 bits per heavy atom. The highest BCUT2D eigenvalue weighted by Gasteiger charge is 2.07. The molecule has 0 aliphatic rings. The zero-order chi connectivity index (χ0) is 13.0. The van der Waals surface area contributed by atoms with Crippen molar-refractivity contribution in [3.63, 3.8) is 0 Å². The van der Waals surface area contributed by atoms with Crippen molar-refractivity contribution in [1.82, 2.24) is 15.0 Å². The summed E-state index contributed by atoms with van der Waals surface area (Å²) in [5.74, 6) is 0.879. The number of hydrogen-bond donors (Lipinski definition) is 0. The van der Waals surface area contributed by atoms with Gasteiger partial charge in [0.1, 0.15) is 5.82 Å². The predicted octanol–water partition coefficient (Wildman–Crippen LogP) is 2.51. The van der Waals surface area contributed by atoms with E-state index in [2.05, 4.69) is 19.9 Å². The molecule has 0 aliphatic heterocycles. The number of nitrogens with zero attached hydrogens (tertiary/aromatic N) is 4. The Hall–Kier alpha value is -1.68. The standard InChI is InChI=1S/C13H15ClN4/c1-10-9-16-13(14)17-12(10)18(2)8-5-11-3-6-15-7-4-11/h3-4,6-7,9H,5,8H2,1-2H3. The summed E-state index contributed by atoms with van der Waals surface area (Å²) in [6.45, 7) is 2.85. The first-order chi connectivity index (χ1) is 8.66. The van der Waals surface area contributed by atoms with Gasteiger partial charge < -0.3 is 4.90 Å². The average Bonchev–Trinajstić information content (AvgIpc) is 2.40. The molecule has 0 aliphatic carbocycles. The van der Waals surface area contributed by atoms with E-state index in [0.29, 0.717) is 0 Å². The molecule has 0 aromatic carbocycles. The van der Waals surface area contributed by atoms with E-state index < -0.39 is 0 Å². The number of aryl methyl sites for hydroxylation is 1. The number of anilines is 1. The Bertz CT molecular complexity index is 516. The van der Waals surface area contributed by atoms with Gasteiger partial charge in [-0.25, -0.2) is 9.97 Å². The molecule has 5 heteroatoms. The summed E-state index contributed by atoms with van der Waals surface area (Å²) in [5, 5.41) is 0.284. The van der Waals surface area contributed by atoms with E-state index in [1.807, 2.05) is 38.5 Å². The van der Waals surface area contributed by atoms with Crippen molar-refractivity contribution in [1.29, 1.82) is 0 Å². The molecule has 2 rings (SSSR count). The highest BCUT2D eigenvalue weighted by atomic mass is 35.5. The van der Waals surface area contributed by atoms with Crippen LogP contribution in [0.25, 0.3) is 0 Å². The second kappa shape index (κ2) is 5.78. The Labute approximate surface area is 112 Å². The molecule has 0 saturated heterocycles. The lowest BCUT2D eigenvalue weighted by molar-refractivity contribution is 0.848. The molecule has 94 valence electrons. The SMILES string of the molecule is Cc1cnc(Cl)nc1N(C)CCc1ccncc1. The second-order valence-corrected chi connectivity index (χ2v) is 4.51. The molecule has 4 nitrogen and oxygen atoms in total. The van der Waals surface area contributed by atoms with E-state index in [1.165, 1.54) is 5.56 Å². The molecule has 0 fully saturated rings. The van der Waals surface area contributed by atoms with Crippen LogP contribution in [0.2, 0.25) is 5.28 Å². The number of rotatable bonds is 4. The van der Waals surface area contributed by atoms with Gasteiger partial charge in [-0.3, -0.25) is 4.98 Å². The Balaban J connectivity index is 2.03. The molecular formula is C13H15ClN4. The maximum Gasteiger partial charge on any atom is 0.224 e. The van der Waals surface area contributed by atoms with E-state index in [9.17, 15) is 0 Å². The van der Waals surface area contributed by atoms with Crippen LogP contribution in [0.5, 0.6) is 0 Å². The summed E-state index contributed by atoms with van der Waals surface area (Å²) in [4.78, 5) is 14.3. The van der Waals surface area contributed by atoms with Crippen LogP contribution < -0.4 is 4.90 Å². The molecule has 0 unspecified atom stereocenters. The maximum atomic E-state index is 5.82. The van der Waals surface area contributed by atoms with E-state index in [4.69, 9.17) is 11.6 Å². The number of aromatic nitrogens is 3. The van der Waals surface area contributed by atoms with Gasteiger partial charge in [0.2, 0.25) is 5.28 Å². The van der Waals surface area contributed by atoms with Gasteiger partial charge in [-0.2, -0.15) is 0 Å². The normalized spacial score (nSPS) is 10.4. The van der Waals surface area contributed by atoms with Gasteiger partial charge in [-0.1, -0.05) is 0 Å². The molecule has 0 saturated carbocycles. The predicted molar refractivity (Wildman–Crippen MR) is 73.0 cm³/mol. The minimum Gasteiger partial charge on any atom is -0.359 e. The molecule has 2 heterocycles. The van der Waals surface area contributed by atoms with Gasteiger partial charge in [0.25, 0.3) is 0 Å². The zero-order valence-corrected chi connectivity index (χ0v) is 11.2. The van der Waals surface area contributed by atoms with E-state index >= 15 is 0 Å². The average molecular weight is 263 g/mol. The third-order valence-corrected chi connectivity index (χ3v) is 2.94. The van der Waals surface area contributed by atoms with Crippen molar-refractivity contribution in [3.8, 4) is 0 Å². The first-order valence-corrected chi connectivity index (χ1v) is 6.14. The van der Waals surface area contributed by atoms with Gasteiger partial charge in [-0.05, 0) is 42.6 Å². The van der Waals surface area contributed by atoms with E-state index in [0.717, 1.165) is 24.3 Å². The largest absolute Gasteiger partial charge is 0.359 e. The van der Waals surface area contributed by atoms with Crippen molar-refractivity contribution in [2.24, 2.45) is 0 Å². The summed E-state index contributed by atoms with van der Waals surface area (Å²) in [5.41, 5.74) is 2.28. The molecule has 2 aromatic rings. The summed E-state index contributed by atoms with van der Waals surface area (Å²) in [6, 6.07) is 4.04. The maximum absolute atomic E-state index is 5.82. The summed E-state index contributed by atoms with van der Waals surface area (Å²) >= 11 is 5.82. The Morgan fingerprint density at radius 3 is 2.72 bits per heavy atom. The highest BCUT2D eigenvalue weighted by Crippen LogP contribution is 2.16. The van der Waals surface area contributed by atoms with Crippen molar-refractivity contribution in [3.05, 3.63) is 47.1 Å². The van der Waals surface area contributed by atoms with Crippen LogP contribution in [-0.2, 0) is 6.42 Å². The summed E-state index contributed by atoms with van der Waals surface area (Å²) < 4.78 is 0. The number of hydrogen-bond acceptors (Lipinski definition) is 4. The van der Waals surface area contributed by atoms with Crippen LogP contribution in [0.3, 0.4) is 0 Å². The lowest BCUT2D eigenvalue weighted by Crippen LogP contribution is -2.22. The van der Waals surface area contributed by atoms with Crippen LogP contribution in [0, 0.1) is 6.92 Å². The van der Waals surface area contributed by atoms with Crippen LogP contribution in [-0.4, -0.2) is 28.5 Å². The molecule has 0 spiro atoms. The Morgan fingerprint density at radius 2 is 2.00 bits per heavy atom. The smallest absolute Gasteiger partial charge is 0.224 e. The van der Waals surface area contributed by atoms with Gasteiger partial charge in [0.05, 0.1) is 0 Å². The minimum absolute atomic E-state index is 0.284. The van der Waals surface area contributed by atoms with Crippen LogP contribution in [0.1, 0.15) is 11.1 Å². The Kier molecular flexibility index (Phi) is 4.10. The van der Waals surface area contributed by atoms with Crippen molar-refractivity contribution >= 4 is 17.4 Å². The van der Waals surface area contributed by atoms with Crippen molar-refractivity contribution in [2.45, 2.75) is 13.3 Å². The lowest BCUT2D eigenvalue weighted by atomic mass is 10.2. The highest BCUT2D eigenvalue weighted by molar-refractivity contribution is 6.28. The quantitative estimate of drug-likeness (QED) is 0.794. The molecule has 2 aromatic heterocycles. The third-order valence-electron chi connectivity index (χ3n) is 2.76. The fraction of sp³-hybridized carbons (Fsp3) is 0.308. The van der Waals surface area contributed by atoms with Gasteiger partial charge in [0.15, 0.2) is 0 Å². The van der Waals surface area contributed by atoms with Gasteiger partial charge in [-0.15, -0.1) is 0 Å². The zero-order valence-electron chi connectivity index (χ0n) is 10.5. The third kappa shape index (κ3) is 3.17. The van der Waals surface area contributed by atoms with E-state index in [1.54, 1.807) is 6.20 Å². The fourth-order valence-electron chi connectivity index (χ4n) is 1.75. The van der Waals surface area contributed by atoms with Crippen LogP contribution in [0.15, 0.2) is 30.7 Å². The van der Waals surface area contributed by atoms with Gasteiger partial charge in [0, 0.05) is 37.7 Å². The first kappa shape index (κ1) is 12.8. The van der Waals surface area contributed by atoms with Crippen LogP contribution >= 0.6 is 11.6 Å². The molecule has 0 radical (unpaired) electrons. The van der Waals surface area contributed by atoms with Crippen molar-refractivity contribution in [2.75, 3.05) is 18.5 Å². The molecule has 0 atom stereocenters. The topological polar surface area (TPSA) is 41.9 Å². The lowest BCUT2D eigenvalue weighted by Gasteiger charge is -2.19. The number of pyridine rings is 1. The monoisotopic (exact) mass is 262 g/mol. The molecular weight excluding hydrogens is 248 g/mol. The molecule has 0 N–H and O–H groups in total. The summed E-state index contributed by atoms with van der Waals surface area (Å²) in [6.07, 6.45) is 6.30. The molecule has 18 heavy (non-hydrogen) atoms. The first-order valence-electron chi connectivity index (χ1n) is 5.76. The van der Waals surface area contributed by atoms with Crippen LogP contribution in [0.4, 0.5) is 5.82 Å². The molecule has 0 amide bonds. The molecule has 0 bridgehead atoms. The fourth-order valence-corrected chi connectivity index (χ4v) is 1.88. The van der Waals surface area contributed by atoms with Crippen molar-refractivity contribution < 1.29 is 0 Å². The van der Waals surface area contributed by atoms with E-state index in [-0.39, 0.29) is 5.28 Å². The summed E-state index contributed by atoms with van der Waals surface area (Å²) in [7, 11) is 2.01. The second-order valence-electron chi connectivity index (χ2n) is 4.17.